The van der Waals surface area contributed by atoms with Crippen molar-refractivity contribution in [2.75, 3.05) is 13.1 Å². The number of halogens is 3. The van der Waals surface area contributed by atoms with E-state index in [2.05, 4.69) is 14.7 Å². The van der Waals surface area contributed by atoms with Crippen molar-refractivity contribution in [3.05, 3.63) is 60.2 Å². The zero-order valence-electron chi connectivity index (χ0n) is 15.9. The van der Waals surface area contributed by atoms with Gasteiger partial charge in [-0.25, -0.2) is 9.97 Å². The van der Waals surface area contributed by atoms with Crippen LogP contribution in [-0.2, 0) is 0 Å². The molecule has 0 unspecified atom stereocenters. The molecule has 3 aromatic rings. The summed E-state index contributed by atoms with van der Waals surface area (Å²) in [5.41, 5.74) is 1.06. The molecule has 156 valence electrons. The topological polar surface area (TPSA) is 59.7 Å². The first-order valence-corrected chi connectivity index (χ1v) is 9.81. The molecule has 1 saturated heterocycles. The van der Waals surface area contributed by atoms with Crippen LogP contribution in [0.5, 0.6) is 5.75 Å². The van der Waals surface area contributed by atoms with Crippen LogP contribution in [0.1, 0.15) is 34.8 Å². The minimum absolute atomic E-state index is 0.00389. The number of aromatic nitrogens is 3. The maximum absolute atomic E-state index is 13.0. The number of carbonyl (C=O) groups excluding carboxylic acids is 1. The Bertz CT molecular complexity index is 1080. The Balaban J connectivity index is 1.30. The van der Waals surface area contributed by atoms with Crippen LogP contribution in [0.15, 0.2) is 48.9 Å². The van der Waals surface area contributed by atoms with Gasteiger partial charge in [-0.3, -0.25) is 9.20 Å². The summed E-state index contributed by atoms with van der Waals surface area (Å²) in [6, 6.07) is 8.11. The van der Waals surface area contributed by atoms with Gasteiger partial charge in [-0.15, -0.1) is 13.2 Å². The second-order valence-electron chi connectivity index (χ2n) is 7.92. The molecular weight excluding hydrogens is 397 g/mol. The van der Waals surface area contributed by atoms with Gasteiger partial charge in [-0.1, -0.05) is 18.2 Å². The van der Waals surface area contributed by atoms with Gasteiger partial charge in [0.05, 0.1) is 6.20 Å². The molecule has 30 heavy (non-hydrogen) atoms. The molecule has 3 atom stereocenters. The lowest BCUT2D eigenvalue weighted by atomic mass is 9.95. The number of hydrogen-bond acceptors (Lipinski definition) is 4. The number of carbonyl (C=O) groups is 1. The molecule has 0 bridgehead atoms. The molecule has 6 nitrogen and oxygen atoms in total. The maximum atomic E-state index is 13.0. The Kier molecular flexibility index (Phi) is 4.41. The fourth-order valence-electron chi connectivity index (χ4n) is 4.90. The number of hydrogen-bond donors (Lipinski definition) is 0. The predicted molar refractivity (Wildman–Crippen MR) is 101 cm³/mol. The van der Waals surface area contributed by atoms with Gasteiger partial charge in [0.1, 0.15) is 11.4 Å². The van der Waals surface area contributed by atoms with E-state index in [1.165, 1.54) is 12.3 Å². The van der Waals surface area contributed by atoms with Crippen LogP contribution in [0.2, 0.25) is 0 Å². The summed E-state index contributed by atoms with van der Waals surface area (Å²) in [5, 5.41) is 0. The van der Waals surface area contributed by atoms with Gasteiger partial charge in [0.25, 0.3) is 5.91 Å². The minimum atomic E-state index is -4.71. The van der Waals surface area contributed by atoms with Crippen LogP contribution in [0, 0.1) is 11.8 Å². The molecule has 3 heterocycles. The normalized spacial score (nSPS) is 23.7. The number of ether oxygens (including phenoxy) is 1. The van der Waals surface area contributed by atoms with Crippen molar-refractivity contribution >= 4 is 11.7 Å². The van der Waals surface area contributed by atoms with Gasteiger partial charge in [0, 0.05) is 25.5 Å². The van der Waals surface area contributed by atoms with Gasteiger partial charge in [0.15, 0.2) is 0 Å². The van der Waals surface area contributed by atoms with Gasteiger partial charge in [-0.2, -0.15) is 0 Å². The number of rotatable bonds is 3. The number of benzene rings is 1. The highest BCUT2D eigenvalue weighted by Crippen LogP contribution is 2.48. The van der Waals surface area contributed by atoms with Crippen LogP contribution >= 0.6 is 0 Å². The second-order valence-corrected chi connectivity index (χ2v) is 7.92. The lowest BCUT2D eigenvalue weighted by Gasteiger charge is -2.21. The molecule has 9 heteroatoms. The fourth-order valence-corrected chi connectivity index (χ4v) is 4.90. The molecule has 0 spiro atoms. The summed E-state index contributed by atoms with van der Waals surface area (Å²) < 4.78 is 44.1. The third-order valence-electron chi connectivity index (χ3n) is 6.13. The van der Waals surface area contributed by atoms with Gasteiger partial charge in [-0.05, 0) is 48.3 Å². The highest BCUT2D eigenvalue weighted by Gasteiger charge is 2.44. The van der Waals surface area contributed by atoms with Crippen molar-refractivity contribution in [2.45, 2.75) is 25.1 Å². The summed E-state index contributed by atoms with van der Waals surface area (Å²) in [6.45, 7) is 1.19. The molecular formula is C21H19F3N4O2. The smallest absolute Gasteiger partial charge is 0.405 e. The van der Waals surface area contributed by atoms with Crippen LogP contribution < -0.4 is 4.74 Å². The summed E-state index contributed by atoms with van der Waals surface area (Å²) >= 11 is 0. The highest BCUT2D eigenvalue weighted by atomic mass is 19.4. The lowest BCUT2D eigenvalue weighted by molar-refractivity contribution is -0.275. The van der Waals surface area contributed by atoms with Crippen molar-refractivity contribution in [1.82, 2.24) is 19.3 Å². The molecule has 5 rings (SSSR count). The first-order chi connectivity index (χ1) is 14.4. The van der Waals surface area contributed by atoms with E-state index in [9.17, 15) is 18.0 Å². The van der Waals surface area contributed by atoms with Crippen molar-refractivity contribution in [2.24, 2.45) is 11.8 Å². The molecule has 2 fully saturated rings. The van der Waals surface area contributed by atoms with E-state index in [0.29, 0.717) is 30.1 Å². The summed E-state index contributed by atoms with van der Waals surface area (Å²) in [7, 11) is 0. The van der Waals surface area contributed by atoms with E-state index >= 15 is 0 Å². The lowest BCUT2D eigenvalue weighted by Crippen LogP contribution is -2.30. The Labute approximate surface area is 170 Å². The molecule has 1 aliphatic heterocycles. The summed E-state index contributed by atoms with van der Waals surface area (Å²) in [4.78, 5) is 23.1. The van der Waals surface area contributed by atoms with Gasteiger partial charge >= 0.3 is 6.36 Å². The van der Waals surface area contributed by atoms with E-state index < -0.39 is 6.36 Å². The first kappa shape index (κ1) is 18.9. The average molecular weight is 416 g/mol. The zero-order valence-corrected chi connectivity index (χ0v) is 15.9. The predicted octanol–water partition coefficient (Wildman–Crippen LogP) is 3.89. The van der Waals surface area contributed by atoms with Crippen molar-refractivity contribution < 1.29 is 22.7 Å². The number of para-hydroxylation sites is 1. The summed E-state index contributed by atoms with van der Waals surface area (Å²) in [5.74, 6) is 0.770. The Morgan fingerprint density at radius 3 is 2.53 bits per heavy atom. The maximum Gasteiger partial charge on any atom is 0.573 e. The number of likely N-dealkylation sites (tertiary alicyclic amines) is 1. The summed E-state index contributed by atoms with van der Waals surface area (Å²) in [6.07, 6.45) is 1.68. The number of alkyl halides is 3. The Hall–Kier alpha value is -3.10. The van der Waals surface area contributed by atoms with Crippen molar-refractivity contribution in [3.8, 4) is 5.75 Å². The Morgan fingerprint density at radius 2 is 1.80 bits per heavy atom. The van der Waals surface area contributed by atoms with E-state index in [4.69, 9.17) is 0 Å². The molecule has 0 N–H and O–H groups in total. The van der Waals surface area contributed by atoms with Crippen LogP contribution in [0.25, 0.3) is 5.78 Å². The molecule has 2 aromatic heterocycles. The molecule has 1 aliphatic carbocycles. The highest BCUT2D eigenvalue weighted by molar-refractivity contribution is 5.93. The monoisotopic (exact) mass is 416 g/mol. The van der Waals surface area contributed by atoms with Gasteiger partial charge < -0.3 is 9.64 Å². The van der Waals surface area contributed by atoms with E-state index in [1.54, 1.807) is 41.1 Å². The third kappa shape index (κ3) is 3.38. The molecule has 1 amide bonds. The zero-order chi connectivity index (χ0) is 20.9. The van der Waals surface area contributed by atoms with Crippen LogP contribution in [0.4, 0.5) is 13.2 Å². The fraction of sp³-hybridized carbons (Fsp3) is 0.381. The van der Waals surface area contributed by atoms with Crippen molar-refractivity contribution in [1.29, 1.82) is 0 Å². The number of imidazole rings is 1. The standard InChI is InChI=1S/C21H19F3N4O2/c22-21(23,24)30-18-5-2-1-4-16(18)13-8-14-11-27(12-15(14)9-13)19(29)17-10-26-20-25-6-3-7-28(17)20/h1-7,10,13-15H,8-9,11-12H2/t13-,14-,15+. The van der Waals surface area contributed by atoms with Crippen LogP contribution in [-0.4, -0.2) is 44.6 Å². The molecule has 0 radical (unpaired) electrons. The quantitative estimate of drug-likeness (QED) is 0.650. The molecule has 1 saturated carbocycles. The average Bonchev–Trinajstić information content (AvgIpc) is 3.39. The first-order valence-electron chi connectivity index (χ1n) is 9.81. The van der Waals surface area contributed by atoms with Crippen molar-refractivity contribution in [3.63, 3.8) is 0 Å². The number of amides is 1. The van der Waals surface area contributed by atoms with Crippen LogP contribution in [0.3, 0.4) is 0 Å². The van der Waals surface area contributed by atoms with E-state index in [-0.39, 0.29) is 29.4 Å². The molecule has 1 aromatic carbocycles. The SMILES string of the molecule is O=C(c1cnc2ncccn12)N1C[C@H]2C[C@@H](c3ccccc3OC(F)(F)F)C[C@H]2C1. The largest absolute Gasteiger partial charge is 0.573 e. The third-order valence-corrected chi connectivity index (χ3v) is 6.13. The number of nitrogens with zero attached hydrogens (tertiary/aromatic N) is 4. The van der Waals surface area contributed by atoms with E-state index in [1.807, 2.05) is 4.90 Å². The molecule has 2 aliphatic rings. The number of fused-ring (bicyclic) bond motifs is 2. The van der Waals surface area contributed by atoms with Gasteiger partial charge in [0.2, 0.25) is 5.78 Å². The minimum Gasteiger partial charge on any atom is -0.405 e. The second kappa shape index (κ2) is 7.00. The van der Waals surface area contributed by atoms with E-state index in [0.717, 1.165) is 12.8 Å². The Morgan fingerprint density at radius 1 is 1.07 bits per heavy atom.